The Bertz CT molecular complexity index is 296. The van der Waals surface area contributed by atoms with Gasteiger partial charge in [-0.25, -0.2) is 4.39 Å². The fourth-order valence-electron chi connectivity index (χ4n) is 2.39. The molecule has 16 heavy (non-hydrogen) atoms. The second kappa shape index (κ2) is 6.00. The molecule has 90 valence electrons. The predicted octanol–water partition coefficient (Wildman–Crippen LogP) is 3.91. The molecule has 0 heterocycles. The molecular weight excluding hydrogens is 203 g/mol. The molecule has 0 aromatic heterocycles. The number of allylic oxidation sites excluding steroid dienone is 4. The first-order valence-electron chi connectivity index (χ1n) is 5.92. The van der Waals surface area contributed by atoms with Gasteiger partial charge in [0.1, 0.15) is 5.83 Å². The molecule has 1 rings (SSSR count). The van der Waals surface area contributed by atoms with Crippen LogP contribution in [-0.2, 0) is 0 Å². The lowest BCUT2D eigenvalue weighted by Crippen LogP contribution is -2.24. The summed E-state index contributed by atoms with van der Waals surface area (Å²) in [5.74, 6) is -0.328. The Morgan fingerprint density at radius 3 is 2.50 bits per heavy atom. The molecule has 1 aliphatic carbocycles. The van der Waals surface area contributed by atoms with Gasteiger partial charge in [0.15, 0.2) is 0 Å². The molecule has 1 aliphatic rings. The third-order valence-electron chi connectivity index (χ3n) is 3.49. The van der Waals surface area contributed by atoms with E-state index in [1.54, 1.807) is 0 Å². The maximum atomic E-state index is 13.4. The Hall–Kier alpha value is -0.890. The Morgan fingerprint density at radius 2 is 2.00 bits per heavy atom. The maximum absolute atomic E-state index is 13.4. The van der Waals surface area contributed by atoms with E-state index in [0.717, 1.165) is 18.4 Å². The van der Waals surface area contributed by atoms with E-state index in [9.17, 15) is 9.50 Å². The molecule has 0 atom stereocenters. The first kappa shape index (κ1) is 13.2. The van der Waals surface area contributed by atoms with Gasteiger partial charge in [-0.3, -0.25) is 0 Å². The highest BCUT2D eigenvalue weighted by molar-refractivity contribution is 5.26. The lowest BCUT2D eigenvalue weighted by atomic mass is 9.70. The van der Waals surface area contributed by atoms with Gasteiger partial charge in [0.05, 0.1) is 6.61 Å². The van der Waals surface area contributed by atoms with Crippen LogP contribution in [0.1, 0.15) is 39.0 Å². The standard InChI is InChI=1S/C14H21FO/c1-3-7-13(15)10-12(11-16)14(2)8-5-4-6-9-14/h3,7,10,16H,1,4-6,8-9,11H2,2H3/b12-10+,13-7+. The molecule has 2 heteroatoms. The molecule has 0 bridgehead atoms. The van der Waals surface area contributed by atoms with Crippen molar-refractivity contribution >= 4 is 0 Å². The van der Waals surface area contributed by atoms with Crippen molar-refractivity contribution in [2.45, 2.75) is 39.0 Å². The van der Waals surface area contributed by atoms with Crippen LogP contribution in [0.25, 0.3) is 0 Å². The van der Waals surface area contributed by atoms with Gasteiger partial charge in [-0.2, -0.15) is 0 Å². The van der Waals surface area contributed by atoms with E-state index < -0.39 is 0 Å². The third kappa shape index (κ3) is 3.31. The summed E-state index contributed by atoms with van der Waals surface area (Å²) in [6.45, 7) is 5.52. The molecule has 1 fully saturated rings. The Labute approximate surface area is 97.4 Å². The van der Waals surface area contributed by atoms with Crippen LogP contribution in [0.15, 0.2) is 36.2 Å². The molecule has 1 saturated carbocycles. The van der Waals surface area contributed by atoms with Crippen molar-refractivity contribution in [1.82, 2.24) is 0 Å². The van der Waals surface area contributed by atoms with Crippen molar-refractivity contribution in [3.8, 4) is 0 Å². The van der Waals surface area contributed by atoms with Gasteiger partial charge in [0.25, 0.3) is 0 Å². The minimum Gasteiger partial charge on any atom is -0.392 e. The van der Waals surface area contributed by atoms with Gasteiger partial charge in [0, 0.05) is 0 Å². The van der Waals surface area contributed by atoms with Gasteiger partial charge in [-0.05, 0) is 36.0 Å². The van der Waals surface area contributed by atoms with Crippen molar-refractivity contribution < 1.29 is 9.50 Å². The first-order chi connectivity index (χ1) is 7.62. The molecule has 0 spiro atoms. The fourth-order valence-corrected chi connectivity index (χ4v) is 2.39. The molecule has 1 nitrogen and oxygen atoms in total. The summed E-state index contributed by atoms with van der Waals surface area (Å²) in [5, 5.41) is 9.37. The van der Waals surface area contributed by atoms with Crippen molar-refractivity contribution in [1.29, 1.82) is 0 Å². The highest BCUT2D eigenvalue weighted by Gasteiger charge is 2.30. The molecular formula is C14H21FO. The smallest absolute Gasteiger partial charge is 0.123 e. The highest BCUT2D eigenvalue weighted by atomic mass is 19.1. The second-order valence-corrected chi connectivity index (χ2v) is 4.74. The number of hydrogen-bond donors (Lipinski definition) is 1. The lowest BCUT2D eigenvalue weighted by molar-refractivity contribution is 0.220. The predicted molar refractivity (Wildman–Crippen MR) is 65.7 cm³/mol. The number of aliphatic hydroxyl groups is 1. The van der Waals surface area contributed by atoms with Crippen LogP contribution >= 0.6 is 0 Å². The van der Waals surface area contributed by atoms with Crippen LogP contribution < -0.4 is 0 Å². The normalized spacial score (nSPS) is 21.9. The molecule has 0 aromatic rings. The summed E-state index contributed by atoms with van der Waals surface area (Å²) in [6, 6.07) is 0. The van der Waals surface area contributed by atoms with E-state index in [-0.39, 0.29) is 17.8 Å². The number of aliphatic hydroxyl groups excluding tert-OH is 1. The number of rotatable bonds is 4. The lowest BCUT2D eigenvalue weighted by Gasteiger charge is -2.35. The SMILES string of the molecule is C=C/C=C(F)\C=C(/CO)C1(C)CCCCC1. The number of halogens is 1. The largest absolute Gasteiger partial charge is 0.392 e. The highest BCUT2D eigenvalue weighted by Crippen LogP contribution is 2.42. The van der Waals surface area contributed by atoms with Gasteiger partial charge in [-0.1, -0.05) is 38.8 Å². The Balaban J connectivity index is 2.87. The zero-order valence-corrected chi connectivity index (χ0v) is 10.0. The van der Waals surface area contributed by atoms with Crippen LogP contribution in [0.4, 0.5) is 4.39 Å². The van der Waals surface area contributed by atoms with E-state index in [1.165, 1.54) is 37.5 Å². The average molecular weight is 224 g/mol. The van der Waals surface area contributed by atoms with Crippen molar-refractivity contribution in [3.05, 3.63) is 36.2 Å². The summed E-state index contributed by atoms with van der Waals surface area (Å²) in [6.07, 6.45) is 9.88. The van der Waals surface area contributed by atoms with E-state index in [2.05, 4.69) is 13.5 Å². The van der Waals surface area contributed by atoms with Gasteiger partial charge < -0.3 is 5.11 Å². The maximum Gasteiger partial charge on any atom is 0.123 e. The minimum atomic E-state index is -0.328. The topological polar surface area (TPSA) is 20.2 Å². The zero-order chi connectivity index (χ0) is 12.0. The van der Waals surface area contributed by atoms with Crippen LogP contribution in [0, 0.1) is 5.41 Å². The van der Waals surface area contributed by atoms with Gasteiger partial charge in [-0.15, -0.1) is 0 Å². The molecule has 0 aliphatic heterocycles. The van der Waals surface area contributed by atoms with E-state index in [0.29, 0.717) is 0 Å². The van der Waals surface area contributed by atoms with Crippen molar-refractivity contribution in [2.75, 3.05) is 6.61 Å². The second-order valence-electron chi connectivity index (χ2n) is 4.74. The molecule has 0 unspecified atom stereocenters. The quantitative estimate of drug-likeness (QED) is 0.718. The van der Waals surface area contributed by atoms with E-state index >= 15 is 0 Å². The molecule has 0 radical (unpaired) electrons. The summed E-state index contributed by atoms with van der Waals surface area (Å²) in [5.41, 5.74) is 0.780. The first-order valence-corrected chi connectivity index (χ1v) is 5.92. The number of hydrogen-bond acceptors (Lipinski definition) is 1. The van der Waals surface area contributed by atoms with Crippen LogP contribution in [0.5, 0.6) is 0 Å². The van der Waals surface area contributed by atoms with Crippen LogP contribution in [0.2, 0.25) is 0 Å². The Kier molecular flexibility index (Phi) is 4.94. The third-order valence-corrected chi connectivity index (χ3v) is 3.49. The van der Waals surface area contributed by atoms with Crippen LogP contribution in [0.3, 0.4) is 0 Å². The summed E-state index contributed by atoms with van der Waals surface area (Å²) in [7, 11) is 0. The van der Waals surface area contributed by atoms with Gasteiger partial charge in [0.2, 0.25) is 0 Å². The fraction of sp³-hybridized carbons (Fsp3) is 0.571. The minimum absolute atomic E-state index is 0.0284. The van der Waals surface area contributed by atoms with E-state index in [4.69, 9.17) is 0 Å². The molecule has 0 amide bonds. The average Bonchev–Trinajstić information content (AvgIpc) is 2.27. The van der Waals surface area contributed by atoms with Gasteiger partial charge >= 0.3 is 0 Å². The van der Waals surface area contributed by atoms with Crippen LogP contribution in [-0.4, -0.2) is 11.7 Å². The zero-order valence-electron chi connectivity index (χ0n) is 10.0. The monoisotopic (exact) mass is 224 g/mol. The van der Waals surface area contributed by atoms with Crippen molar-refractivity contribution in [2.24, 2.45) is 5.41 Å². The summed E-state index contributed by atoms with van der Waals surface area (Å²) in [4.78, 5) is 0. The van der Waals surface area contributed by atoms with E-state index in [1.807, 2.05) is 0 Å². The molecule has 1 N–H and O–H groups in total. The summed E-state index contributed by atoms with van der Waals surface area (Å²) >= 11 is 0. The molecule has 0 aromatic carbocycles. The van der Waals surface area contributed by atoms with Crippen molar-refractivity contribution in [3.63, 3.8) is 0 Å². The molecule has 0 saturated heterocycles. The Morgan fingerprint density at radius 1 is 1.38 bits per heavy atom. The summed E-state index contributed by atoms with van der Waals surface area (Å²) < 4.78 is 13.4.